The van der Waals surface area contributed by atoms with Crippen molar-refractivity contribution < 1.29 is 0 Å². The molecule has 0 bridgehead atoms. The van der Waals surface area contributed by atoms with Crippen molar-refractivity contribution in [2.45, 2.75) is 91.3 Å². The molecule has 0 aliphatic heterocycles. The van der Waals surface area contributed by atoms with Gasteiger partial charge in [0.25, 0.3) is 0 Å². The van der Waals surface area contributed by atoms with Crippen molar-refractivity contribution in [1.29, 1.82) is 0 Å². The van der Waals surface area contributed by atoms with E-state index in [-0.39, 0.29) is 0 Å². The van der Waals surface area contributed by atoms with Crippen LogP contribution in [0, 0.1) is 5.41 Å². The molecule has 16 heavy (non-hydrogen) atoms. The lowest BCUT2D eigenvalue weighted by Gasteiger charge is -2.47. The fourth-order valence-electron chi connectivity index (χ4n) is 2.97. The molecule has 0 fully saturated rings. The van der Waals surface area contributed by atoms with E-state index >= 15 is 0 Å². The van der Waals surface area contributed by atoms with Crippen LogP contribution in [0.5, 0.6) is 0 Å². The monoisotopic (exact) mass is 224 g/mol. The molecule has 0 heterocycles. The van der Waals surface area contributed by atoms with Gasteiger partial charge in [0.15, 0.2) is 0 Å². The molecule has 0 atom stereocenters. The van der Waals surface area contributed by atoms with Gasteiger partial charge < -0.3 is 0 Å². The predicted octanol–water partition coefficient (Wildman–Crippen LogP) is 4.98. The minimum absolute atomic E-state index is 0.539. The Morgan fingerprint density at radius 2 is 1.19 bits per heavy atom. The van der Waals surface area contributed by atoms with Gasteiger partial charge in [-0.15, -0.1) is 0 Å². The third-order valence-corrected chi connectivity index (χ3v) is 5.18. The lowest BCUT2D eigenvalue weighted by Crippen LogP contribution is -2.34. The first-order valence-electron chi connectivity index (χ1n) is 7.49. The third kappa shape index (κ3) is 3.82. The normalized spacial score (nSPS) is 13.1. The molecule has 0 N–H and O–H groups in total. The van der Waals surface area contributed by atoms with Crippen LogP contribution in [0.3, 0.4) is 0 Å². The van der Waals surface area contributed by atoms with Gasteiger partial charge in [-0.05, 0) is 18.3 Å². The molecule has 0 rings (SSSR count). The van der Waals surface area contributed by atoms with Gasteiger partial charge in [-0.2, -0.15) is 0 Å². The Bertz CT molecular complexity index is 162. The van der Waals surface area contributed by atoms with Gasteiger partial charge in [-0.1, -0.05) is 78.5 Å². The van der Waals surface area contributed by atoms with Crippen LogP contribution in [-0.4, -0.2) is 7.85 Å². The Hall–Kier alpha value is 0.0649. The van der Waals surface area contributed by atoms with Gasteiger partial charge in [0.05, 0.1) is 0 Å². The summed E-state index contributed by atoms with van der Waals surface area (Å²) in [5.41, 5.74) is 0.558. The maximum absolute atomic E-state index is 2.55. The zero-order chi connectivity index (χ0) is 12.7. The van der Waals surface area contributed by atoms with Gasteiger partial charge in [0, 0.05) is 0 Å². The average molecular weight is 224 g/mol. The molecule has 0 aromatic heterocycles. The fraction of sp³-hybridized carbons (Fsp3) is 1.00. The zero-order valence-corrected chi connectivity index (χ0v) is 12.7. The number of unbranched alkanes of at least 4 members (excludes halogenated alkanes) is 2. The van der Waals surface area contributed by atoms with Gasteiger partial charge in [0.1, 0.15) is 7.85 Å². The largest absolute Gasteiger partial charge is 0.110 e. The van der Waals surface area contributed by atoms with Gasteiger partial charge >= 0.3 is 0 Å². The van der Waals surface area contributed by atoms with Crippen LogP contribution in [0.25, 0.3) is 0 Å². The van der Waals surface area contributed by atoms with E-state index in [2.05, 4.69) is 42.5 Å². The number of hydrogen-bond acceptors (Lipinski definition) is 0. The van der Waals surface area contributed by atoms with E-state index in [1.807, 2.05) is 0 Å². The smallest absolute Gasteiger partial charge is 0.0655 e. The second kappa shape index (κ2) is 7.40. The molecule has 0 spiro atoms. The minimum Gasteiger partial charge on any atom is -0.0655 e. The summed E-state index contributed by atoms with van der Waals surface area (Å²) < 4.78 is 0. The summed E-state index contributed by atoms with van der Waals surface area (Å²) in [6, 6.07) is 0. The molecule has 0 saturated heterocycles. The van der Waals surface area contributed by atoms with Gasteiger partial charge in [-0.25, -0.2) is 0 Å². The molecule has 0 unspecified atom stereocenters. The van der Waals surface area contributed by atoms with Crippen molar-refractivity contribution in [2.24, 2.45) is 5.41 Å². The molecule has 1 heteroatoms. The van der Waals surface area contributed by atoms with Crippen LogP contribution in [-0.2, 0) is 0 Å². The summed E-state index contributed by atoms with van der Waals surface area (Å²) >= 11 is 0. The molecular weight excluding hydrogens is 191 g/mol. The Morgan fingerprint density at radius 3 is 1.44 bits per heavy atom. The van der Waals surface area contributed by atoms with Crippen LogP contribution in [0.2, 0.25) is 5.31 Å². The van der Waals surface area contributed by atoms with Crippen LogP contribution in [0.4, 0.5) is 0 Å². The minimum atomic E-state index is 0.539. The topological polar surface area (TPSA) is 0 Å². The van der Waals surface area contributed by atoms with Crippen LogP contribution >= 0.6 is 0 Å². The first-order chi connectivity index (χ1) is 7.49. The summed E-state index contributed by atoms with van der Waals surface area (Å²) in [6.07, 6.45) is 11.0. The van der Waals surface area contributed by atoms with E-state index in [0.29, 0.717) is 10.7 Å². The lowest BCUT2D eigenvalue weighted by molar-refractivity contribution is 0.151. The SMILES string of the molecule is BC(CC)(CC)C(C)(CCCC)CCCC. The third-order valence-electron chi connectivity index (χ3n) is 5.18. The molecule has 0 aliphatic carbocycles. The summed E-state index contributed by atoms with van der Waals surface area (Å²) in [4.78, 5) is 0. The quantitative estimate of drug-likeness (QED) is 0.484. The van der Waals surface area contributed by atoms with Crippen molar-refractivity contribution in [3.8, 4) is 0 Å². The summed E-state index contributed by atoms with van der Waals surface area (Å²) in [5.74, 6) is 0. The van der Waals surface area contributed by atoms with Crippen LogP contribution in [0.1, 0.15) is 86.0 Å². The van der Waals surface area contributed by atoms with E-state index in [0.717, 1.165) is 0 Å². The summed E-state index contributed by atoms with van der Waals surface area (Å²) in [5, 5.41) is 0.539. The van der Waals surface area contributed by atoms with Gasteiger partial charge in [-0.3, -0.25) is 0 Å². The maximum Gasteiger partial charge on any atom is 0.110 e. The van der Waals surface area contributed by atoms with E-state index in [4.69, 9.17) is 0 Å². The molecule has 0 aromatic rings. The highest BCUT2D eigenvalue weighted by molar-refractivity contribution is 6.15. The van der Waals surface area contributed by atoms with Gasteiger partial charge in [0.2, 0.25) is 0 Å². The van der Waals surface area contributed by atoms with Crippen molar-refractivity contribution in [3.05, 3.63) is 0 Å². The lowest BCUT2D eigenvalue weighted by atomic mass is 9.48. The second-order valence-corrected chi connectivity index (χ2v) is 6.04. The maximum atomic E-state index is 2.55. The number of hydrogen-bond donors (Lipinski definition) is 0. The molecule has 96 valence electrons. The van der Waals surface area contributed by atoms with Crippen molar-refractivity contribution in [2.75, 3.05) is 0 Å². The van der Waals surface area contributed by atoms with E-state index in [1.54, 1.807) is 0 Å². The highest BCUT2D eigenvalue weighted by Gasteiger charge is 2.40. The first kappa shape index (κ1) is 16.1. The predicted molar refractivity (Wildman–Crippen MR) is 79.0 cm³/mol. The second-order valence-electron chi connectivity index (χ2n) is 6.04. The molecular formula is C15H33B. The van der Waals surface area contributed by atoms with Crippen molar-refractivity contribution in [3.63, 3.8) is 0 Å². The summed E-state index contributed by atoms with van der Waals surface area (Å²) in [6.45, 7) is 11.9. The Labute approximate surface area is 105 Å². The standard InChI is InChI=1S/C15H33B/c1-6-10-12-14(5,13-11-7-2)15(16,8-3)9-4/h6-13,16H2,1-5H3. The highest BCUT2D eigenvalue weighted by atomic mass is 14.4. The van der Waals surface area contributed by atoms with Crippen LogP contribution in [0.15, 0.2) is 0 Å². The molecule has 0 saturated carbocycles. The highest BCUT2D eigenvalue weighted by Crippen LogP contribution is 2.54. The van der Waals surface area contributed by atoms with E-state index < -0.39 is 0 Å². The number of rotatable bonds is 9. The molecule has 0 aromatic carbocycles. The van der Waals surface area contributed by atoms with E-state index in [9.17, 15) is 0 Å². The molecule has 0 radical (unpaired) electrons. The molecule has 0 aliphatic rings. The van der Waals surface area contributed by atoms with Crippen molar-refractivity contribution in [1.82, 2.24) is 0 Å². The Morgan fingerprint density at radius 1 is 0.812 bits per heavy atom. The first-order valence-corrected chi connectivity index (χ1v) is 7.49. The Balaban J connectivity index is 4.73. The summed E-state index contributed by atoms with van der Waals surface area (Å²) in [7, 11) is 2.51. The zero-order valence-electron chi connectivity index (χ0n) is 12.7. The fourth-order valence-corrected chi connectivity index (χ4v) is 2.97. The average Bonchev–Trinajstić information content (AvgIpc) is 2.32. The van der Waals surface area contributed by atoms with E-state index in [1.165, 1.54) is 51.4 Å². The molecule has 0 amide bonds. The van der Waals surface area contributed by atoms with Crippen molar-refractivity contribution >= 4 is 7.85 Å². The Kier molecular flexibility index (Phi) is 7.43. The molecule has 0 nitrogen and oxygen atoms in total. The van der Waals surface area contributed by atoms with Crippen LogP contribution < -0.4 is 0 Å².